The maximum absolute atomic E-state index is 14.4. The van der Waals surface area contributed by atoms with E-state index in [0.717, 1.165) is 6.07 Å². The van der Waals surface area contributed by atoms with E-state index >= 15 is 0 Å². The van der Waals surface area contributed by atoms with Gasteiger partial charge in [0.15, 0.2) is 0 Å². The summed E-state index contributed by atoms with van der Waals surface area (Å²) in [6.45, 7) is 0. The summed E-state index contributed by atoms with van der Waals surface area (Å²) in [7, 11) is 0. The zero-order valence-electron chi connectivity index (χ0n) is 14.2. The Labute approximate surface area is 153 Å². The second kappa shape index (κ2) is 6.26. The number of nitrogens with zero attached hydrogens (tertiary/aromatic N) is 1. The van der Waals surface area contributed by atoms with Crippen molar-refractivity contribution in [2.24, 2.45) is 0 Å². The molecule has 1 saturated carbocycles. The number of hydroxylamine groups is 2. The molecule has 4 rings (SSSR count). The van der Waals surface area contributed by atoms with Crippen LogP contribution in [0.25, 0.3) is 0 Å². The molecule has 138 valence electrons. The summed E-state index contributed by atoms with van der Waals surface area (Å²) in [6, 6.07) is 9.14. The molecule has 1 aliphatic carbocycles. The number of hydrogen-bond donors (Lipinski definition) is 0. The van der Waals surface area contributed by atoms with Gasteiger partial charge in [0.2, 0.25) is 0 Å². The van der Waals surface area contributed by atoms with Crippen LogP contribution in [0.5, 0.6) is 0 Å². The summed E-state index contributed by atoms with van der Waals surface area (Å²) in [5.41, 5.74) is -1.05. The molecule has 2 aromatic carbocycles. The third kappa shape index (κ3) is 2.61. The molecule has 2 aliphatic rings. The lowest BCUT2D eigenvalue weighted by Gasteiger charge is -2.28. The molecule has 0 N–H and O–H groups in total. The van der Waals surface area contributed by atoms with Crippen LogP contribution in [-0.2, 0) is 15.0 Å². The second-order valence-electron chi connectivity index (χ2n) is 6.74. The number of imide groups is 1. The van der Waals surface area contributed by atoms with Gasteiger partial charge in [0.05, 0.1) is 16.5 Å². The van der Waals surface area contributed by atoms with Gasteiger partial charge in [0, 0.05) is 11.6 Å². The molecule has 27 heavy (non-hydrogen) atoms. The molecule has 2 amide bonds. The highest BCUT2D eigenvalue weighted by atomic mass is 19.1. The summed E-state index contributed by atoms with van der Waals surface area (Å²) >= 11 is 0. The fourth-order valence-electron chi connectivity index (χ4n) is 3.86. The summed E-state index contributed by atoms with van der Waals surface area (Å²) in [4.78, 5) is 43.0. The van der Waals surface area contributed by atoms with E-state index in [4.69, 9.17) is 4.84 Å². The number of carbonyl (C=O) groups is 3. The molecule has 1 aliphatic heterocycles. The van der Waals surface area contributed by atoms with Crippen molar-refractivity contribution in [3.05, 3.63) is 70.8 Å². The van der Waals surface area contributed by atoms with Gasteiger partial charge in [-0.1, -0.05) is 36.1 Å². The summed E-state index contributed by atoms with van der Waals surface area (Å²) in [6.07, 6.45) is 1.87. The number of hydrogen-bond acceptors (Lipinski definition) is 4. The molecule has 7 heteroatoms. The molecule has 0 radical (unpaired) electrons. The Balaban J connectivity index is 1.67. The normalized spacial score (nSPS) is 17.9. The first-order chi connectivity index (χ1) is 12.9. The molecule has 0 spiro atoms. The summed E-state index contributed by atoms with van der Waals surface area (Å²) in [5.74, 6) is -3.97. The van der Waals surface area contributed by atoms with Crippen LogP contribution in [-0.4, -0.2) is 22.8 Å². The number of carbonyl (C=O) groups excluding carboxylic acids is 3. The number of halogens is 2. The third-order valence-electron chi connectivity index (χ3n) is 5.23. The molecule has 1 fully saturated rings. The Morgan fingerprint density at radius 2 is 1.56 bits per heavy atom. The first kappa shape index (κ1) is 17.3. The molecule has 0 unspecified atom stereocenters. The van der Waals surface area contributed by atoms with Crippen LogP contribution in [0.4, 0.5) is 8.78 Å². The van der Waals surface area contributed by atoms with Crippen LogP contribution in [0.15, 0.2) is 42.5 Å². The third-order valence-corrected chi connectivity index (χ3v) is 5.23. The topological polar surface area (TPSA) is 63.7 Å². The molecule has 0 aromatic heterocycles. The van der Waals surface area contributed by atoms with Crippen molar-refractivity contribution in [2.45, 2.75) is 31.1 Å². The first-order valence-corrected chi connectivity index (χ1v) is 8.60. The van der Waals surface area contributed by atoms with Gasteiger partial charge >= 0.3 is 5.97 Å². The van der Waals surface area contributed by atoms with Gasteiger partial charge in [-0.2, -0.15) is 0 Å². The van der Waals surface area contributed by atoms with Crippen LogP contribution in [0.3, 0.4) is 0 Å². The molecule has 0 bridgehead atoms. The fourth-order valence-corrected chi connectivity index (χ4v) is 3.86. The van der Waals surface area contributed by atoms with Gasteiger partial charge in [-0.15, -0.1) is 0 Å². The maximum Gasteiger partial charge on any atom is 0.343 e. The van der Waals surface area contributed by atoms with Crippen LogP contribution in [0.2, 0.25) is 0 Å². The van der Waals surface area contributed by atoms with Crippen molar-refractivity contribution < 1.29 is 28.0 Å². The van der Waals surface area contributed by atoms with Gasteiger partial charge < -0.3 is 4.84 Å². The highest BCUT2D eigenvalue weighted by molar-refractivity contribution is 6.21. The van der Waals surface area contributed by atoms with E-state index in [0.29, 0.717) is 24.0 Å². The minimum Gasteiger partial charge on any atom is -0.329 e. The molecule has 0 saturated heterocycles. The van der Waals surface area contributed by atoms with E-state index < -0.39 is 34.8 Å². The quantitative estimate of drug-likeness (QED) is 0.775. The van der Waals surface area contributed by atoms with E-state index in [1.807, 2.05) is 0 Å². The first-order valence-electron chi connectivity index (χ1n) is 8.60. The van der Waals surface area contributed by atoms with Crippen LogP contribution >= 0.6 is 0 Å². The lowest BCUT2D eigenvalue weighted by Crippen LogP contribution is -2.42. The van der Waals surface area contributed by atoms with Gasteiger partial charge in [0.25, 0.3) is 11.8 Å². The monoisotopic (exact) mass is 371 g/mol. The number of amides is 2. The minimum absolute atomic E-state index is 0.0167. The smallest absolute Gasteiger partial charge is 0.329 e. The van der Waals surface area contributed by atoms with Crippen LogP contribution < -0.4 is 0 Å². The van der Waals surface area contributed by atoms with E-state index in [9.17, 15) is 23.2 Å². The molecule has 5 nitrogen and oxygen atoms in total. The predicted molar refractivity (Wildman–Crippen MR) is 89.5 cm³/mol. The highest BCUT2D eigenvalue weighted by Crippen LogP contribution is 2.44. The average molecular weight is 371 g/mol. The zero-order valence-corrected chi connectivity index (χ0v) is 14.2. The van der Waals surface area contributed by atoms with Crippen molar-refractivity contribution in [3.63, 3.8) is 0 Å². The molecular formula is C20H15F2NO4. The van der Waals surface area contributed by atoms with E-state index in [-0.39, 0.29) is 29.5 Å². The largest absolute Gasteiger partial charge is 0.343 e. The molecular weight excluding hydrogens is 356 g/mol. The molecule has 1 heterocycles. The van der Waals surface area contributed by atoms with E-state index in [2.05, 4.69) is 0 Å². The van der Waals surface area contributed by atoms with E-state index in [1.165, 1.54) is 18.2 Å². The Morgan fingerprint density at radius 1 is 0.963 bits per heavy atom. The minimum atomic E-state index is -1.35. The van der Waals surface area contributed by atoms with Crippen molar-refractivity contribution >= 4 is 17.8 Å². The lowest BCUT2D eigenvalue weighted by molar-refractivity contribution is -0.176. The number of rotatable bonds is 3. The second-order valence-corrected chi connectivity index (χ2v) is 6.74. The molecule has 0 atom stereocenters. The van der Waals surface area contributed by atoms with Gasteiger partial charge in [-0.05, 0) is 31.0 Å². The Hall–Kier alpha value is -3.09. The Kier molecular flexibility index (Phi) is 4.02. The predicted octanol–water partition coefficient (Wildman–Crippen LogP) is 3.53. The van der Waals surface area contributed by atoms with Crippen molar-refractivity contribution in [1.82, 2.24) is 5.06 Å². The van der Waals surface area contributed by atoms with Gasteiger partial charge in [0.1, 0.15) is 11.6 Å². The standard InChI is InChI=1S/C20H15F2NO4/c21-12-7-8-15(16(22)11-12)20(9-3-4-10-20)19(26)27-23-17(24)13-5-1-2-6-14(13)18(23)25/h1-2,5-8,11H,3-4,9-10H2. The average Bonchev–Trinajstić information content (AvgIpc) is 3.23. The summed E-state index contributed by atoms with van der Waals surface area (Å²) in [5, 5.41) is 0.425. The SMILES string of the molecule is O=C1c2ccccc2C(=O)N1OC(=O)C1(c2ccc(F)cc2F)CCCC1. The van der Waals surface area contributed by atoms with Crippen molar-refractivity contribution in [3.8, 4) is 0 Å². The Bertz CT molecular complexity index is 931. The van der Waals surface area contributed by atoms with Gasteiger partial charge in [-0.3, -0.25) is 9.59 Å². The number of fused-ring (bicyclic) bond motifs is 1. The van der Waals surface area contributed by atoms with E-state index in [1.54, 1.807) is 12.1 Å². The molecule has 2 aromatic rings. The number of benzene rings is 2. The van der Waals surface area contributed by atoms with Crippen LogP contribution in [0, 0.1) is 11.6 Å². The van der Waals surface area contributed by atoms with Crippen LogP contribution in [0.1, 0.15) is 52.0 Å². The summed E-state index contributed by atoms with van der Waals surface area (Å²) < 4.78 is 27.7. The maximum atomic E-state index is 14.4. The van der Waals surface area contributed by atoms with Crippen molar-refractivity contribution in [2.75, 3.05) is 0 Å². The highest BCUT2D eigenvalue weighted by Gasteiger charge is 2.49. The zero-order chi connectivity index (χ0) is 19.2. The fraction of sp³-hybridized carbons (Fsp3) is 0.250. The van der Waals surface area contributed by atoms with Crippen molar-refractivity contribution in [1.29, 1.82) is 0 Å². The van der Waals surface area contributed by atoms with Gasteiger partial charge in [-0.25, -0.2) is 13.6 Å². The Morgan fingerprint density at radius 3 is 2.11 bits per heavy atom. The lowest BCUT2D eigenvalue weighted by atomic mass is 9.78.